The molecule has 0 heterocycles. The Bertz CT molecular complexity index is 101. The number of amides is 1. The van der Waals surface area contributed by atoms with Gasteiger partial charge in [-0.15, -0.1) is 0 Å². The average molecular weight is 143 g/mol. The maximum absolute atomic E-state index is 10.9. The SMILES string of the molecule is CCCCC(C)C(=O)NC. The minimum absolute atomic E-state index is 0.161. The second kappa shape index (κ2) is 5.27. The van der Waals surface area contributed by atoms with Gasteiger partial charge in [0.05, 0.1) is 0 Å². The van der Waals surface area contributed by atoms with Crippen molar-refractivity contribution < 1.29 is 4.79 Å². The maximum atomic E-state index is 10.9. The van der Waals surface area contributed by atoms with Crippen LogP contribution >= 0.6 is 0 Å². The molecule has 2 heteroatoms. The Morgan fingerprint density at radius 2 is 2.20 bits per heavy atom. The van der Waals surface area contributed by atoms with Crippen molar-refractivity contribution >= 4 is 5.91 Å². The lowest BCUT2D eigenvalue weighted by molar-refractivity contribution is -0.124. The molecule has 0 aliphatic carbocycles. The third-order valence-corrected chi connectivity index (χ3v) is 1.68. The fourth-order valence-electron chi connectivity index (χ4n) is 0.888. The summed E-state index contributed by atoms with van der Waals surface area (Å²) in [6.45, 7) is 4.10. The van der Waals surface area contributed by atoms with Gasteiger partial charge in [0.25, 0.3) is 0 Å². The van der Waals surface area contributed by atoms with Crippen LogP contribution in [0, 0.1) is 5.92 Å². The lowest BCUT2D eigenvalue weighted by Crippen LogP contribution is -2.25. The Balaban J connectivity index is 3.41. The van der Waals surface area contributed by atoms with E-state index in [1.54, 1.807) is 7.05 Å². The summed E-state index contributed by atoms with van der Waals surface area (Å²) < 4.78 is 0. The molecule has 2 nitrogen and oxygen atoms in total. The van der Waals surface area contributed by atoms with E-state index in [-0.39, 0.29) is 11.8 Å². The van der Waals surface area contributed by atoms with Crippen LogP contribution in [0.3, 0.4) is 0 Å². The number of rotatable bonds is 4. The van der Waals surface area contributed by atoms with Crippen LogP contribution in [0.4, 0.5) is 0 Å². The number of hydrogen-bond donors (Lipinski definition) is 1. The molecule has 0 fully saturated rings. The Hall–Kier alpha value is -0.530. The molecule has 0 aromatic heterocycles. The Morgan fingerprint density at radius 1 is 1.60 bits per heavy atom. The van der Waals surface area contributed by atoms with Gasteiger partial charge in [-0.1, -0.05) is 26.7 Å². The smallest absolute Gasteiger partial charge is 0.222 e. The first-order chi connectivity index (χ1) is 4.72. The number of carbonyl (C=O) groups is 1. The van der Waals surface area contributed by atoms with E-state index in [0.29, 0.717) is 0 Å². The van der Waals surface area contributed by atoms with E-state index in [4.69, 9.17) is 0 Å². The summed E-state index contributed by atoms with van der Waals surface area (Å²) in [6.07, 6.45) is 3.33. The Morgan fingerprint density at radius 3 is 2.60 bits per heavy atom. The first-order valence-electron chi connectivity index (χ1n) is 3.94. The second-order valence-electron chi connectivity index (χ2n) is 2.66. The van der Waals surface area contributed by atoms with Crippen LogP contribution < -0.4 is 5.32 Å². The molecule has 1 N–H and O–H groups in total. The second-order valence-corrected chi connectivity index (χ2v) is 2.66. The van der Waals surface area contributed by atoms with Crippen molar-refractivity contribution in [2.45, 2.75) is 33.1 Å². The van der Waals surface area contributed by atoms with Crippen molar-refractivity contribution in [2.75, 3.05) is 7.05 Å². The molecular weight excluding hydrogens is 126 g/mol. The summed E-state index contributed by atoms with van der Waals surface area (Å²) in [5, 5.41) is 2.63. The van der Waals surface area contributed by atoms with Gasteiger partial charge < -0.3 is 5.32 Å². The fraction of sp³-hybridized carbons (Fsp3) is 0.875. The summed E-state index contributed by atoms with van der Waals surface area (Å²) >= 11 is 0. The fourth-order valence-corrected chi connectivity index (χ4v) is 0.888. The van der Waals surface area contributed by atoms with Gasteiger partial charge in [0.2, 0.25) is 5.91 Å². The molecule has 0 spiro atoms. The molecule has 0 aliphatic heterocycles. The highest BCUT2D eigenvalue weighted by Gasteiger charge is 2.08. The van der Waals surface area contributed by atoms with Crippen molar-refractivity contribution in [3.05, 3.63) is 0 Å². The van der Waals surface area contributed by atoms with Gasteiger partial charge in [0, 0.05) is 13.0 Å². The Kier molecular flexibility index (Phi) is 4.99. The van der Waals surface area contributed by atoms with E-state index in [9.17, 15) is 4.79 Å². The van der Waals surface area contributed by atoms with Crippen molar-refractivity contribution in [1.82, 2.24) is 5.32 Å². The third-order valence-electron chi connectivity index (χ3n) is 1.68. The maximum Gasteiger partial charge on any atom is 0.222 e. The summed E-state index contributed by atoms with van der Waals surface area (Å²) in [4.78, 5) is 10.9. The predicted octanol–water partition coefficient (Wildman–Crippen LogP) is 1.56. The average Bonchev–Trinajstić information content (AvgIpc) is 1.98. The predicted molar refractivity (Wildman–Crippen MR) is 42.8 cm³/mol. The van der Waals surface area contributed by atoms with Crippen LogP contribution in [0.25, 0.3) is 0 Å². The summed E-state index contributed by atoms with van der Waals surface area (Å²) in [5.41, 5.74) is 0. The zero-order valence-corrected chi connectivity index (χ0v) is 7.11. The molecule has 0 aromatic carbocycles. The van der Waals surface area contributed by atoms with Crippen molar-refractivity contribution in [3.63, 3.8) is 0 Å². The molecule has 0 aromatic rings. The normalized spacial score (nSPS) is 12.7. The molecule has 0 saturated carbocycles. The highest BCUT2D eigenvalue weighted by Crippen LogP contribution is 2.06. The van der Waals surface area contributed by atoms with Crippen LogP contribution in [-0.4, -0.2) is 13.0 Å². The van der Waals surface area contributed by atoms with Gasteiger partial charge in [-0.2, -0.15) is 0 Å². The first-order valence-corrected chi connectivity index (χ1v) is 3.94. The molecule has 0 saturated heterocycles. The van der Waals surface area contributed by atoms with E-state index in [0.717, 1.165) is 12.8 Å². The quantitative estimate of drug-likeness (QED) is 0.635. The molecule has 1 amide bonds. The van der Waals surface area contributed by atoms with E-state index >= 15 is 0 Å². The van der Waals surface area contributed by atoms with Crippen molar-refractivity contribution in [2.24, 2.45) is 5.92 Å². The highest BCUT2D eigenvalue weighted by molar-refractivity contribution is 5.77. The van der Waals surface area contributed by atoms with Crippen LogP contribution in [0.1, 0.15) is 33.1 Å². The Labute approximate surface area is 63.0 Å². The van der Waals surface area contributed by atoms with E-state index in [2.05, 4.69) is 12.2 Å². The number of carbonyl (C=O) groups excluding carboxylic acids is 1. The van der Waals surface area contributed by atoms with Gasteiger partial charge in [-0.25, -0.2) is 0 Å². The summed E-state index contributed by atoms with van der Waals surface area (Å²) in [7, 11) is 1.69. The van der Waals surface area contributed by atoms with Crippen LogP contribution in [-0.2, 0) is 4.79 Å². The summed E-state index contributed by atoms with van der Waals surface area (Å²) in [5.74, 6) is 0.346. The van der Waals surface area contributed by atoms with Gasteiger partial charge >= 0.3 is 0 Å². The lowest BCUT2D eigenvalue weighted by Gasteiger charge is -2.07. The van der Waals surface area contributed by atoms with Gasteiger partial charge in [0.15, 0.2) is 0 Å². The number of hydrogen-bond acceptors (Lipinski definition) is 1. The van der Waals surface area contributed by atoms with E-state index in [1.807, 2.05) is 6.92 Å². The van der Waals surface area contributed by atoms with Crippen LogP contribution in [0.15, 0.2) is 0 Å². The van der Waals surface area contributed by atoms with Gasteiger partial charge in [-0.3, -0.25) is 4.79 Å². The zero-order valence-electron chi connectivity index (χ0n) is 7.11. The molecule has 0 radical (unpaired) electrons. The van der Waals surface area contributed by atoms with E-state index in [1.165, 1.54) is 6.42 Å². The van der Waals surface area contributed by atoms with Gasteiger partial charge in [0.1, 0.15) is 0 Å². The largest absolute Gasteiger partial charge is 0.359 e. The van der Waals surface area contributed by atoms with Crippen molar-refractivity contribution in [3.8, 4) is 0 Å². The topological polar surface area (TPSA) is 29.1 Å². The molecule has 60 valence electrons. The van der Waals surface area contributed by atoms with Crippen LogP contribution in [0.5, 0.6) is 0 Å². The molecule has 10 heavy (non-hydrogen) atoms. The monoisotopic (exact) mass is 143 g/mol. The first kappa shape index (κ1) is 9.47. The highest BCUT2D eigenvalue weighted by atomic mass is 16.1. The molecule has 0 rings (SSSR count). The molecule has 0 bridgehead atoms. The number of nitrogens with one attached hydrogen (secondary N) is 1. The minimum Gasteiger partial charge on any atom is -0.359 e. The van der Waals surface area contributed by atoms with Crippen molar-refractivity contribution in [1.29, 1.82) is 0 Å². The minimum atomic E-state index is 0.161. The standard InChI is InChI=1S/C8H17NO/c1-4-5-6-7(2)8(10)9-3/h7H,4-6H2,1-3H3,(H,9,10). The van der Waals surface area contributed by atoms with Gasteiger partial charge in [-0.05, 0) is 6.42 Å². The summed E-state index contributed by atoms with van der Waals surface area (Å²) in [6, 6.07) is 0. The third kappa shape index (κ3) is 3.49. The molecular formula is C8H17NO. The van der Waals surface area contributed by atoms with E-state index < -0.39 is 0 Å². The molecule has 1 unspecified atom stereocenters. The number of unbranched alkanes of at least 4 members (excludes halogenated alkanes) is 1. The lowest BCUT2D eigenvalue weighted by atomic mass is 10.0. The molecule has 1 atom stereocenters. The zero-order chi connectivity index (χ0) is 7.98. The van der Waals surface area contributed by atoms with Crippen LogP contribution in [0.2, 0.25) is 0 Å². The molecule has 0 aliphatic rings.